The molecule has 0 fully saturated rings. The summed E-state index contributed by atoms with van der Waals surface area (Å²) in [7, 11) is 0. The number of aliphatic imine (C=N–C) groups is 1. The SMILES string of the molecule is O=C1/C(=C\c2ccc(F)cc2)N=C(c2ccc(Cl)cc2)N1c1ccccc1. The molecule has 0 N–H and O–H groups in total. The Morgan fingerprint density at radius 3 is 2.22 bits per heavy atom. The van der Waals surface area contributed by atoms with E-state index in [4.69, 9.17) is 11.6 Å². The second-order valence-electron chi connectivity index (χ2n) is 6.00. The molecule has 132 valence electrons. The van der Waals surface area contributed by atoms with Gasteiger partial charge in [-0.15, -0.1) is 0 Å². The molecule has 1 aliphatic rings. The number of halogens is 2. The normalized spacial score (nSPS) is 15.3. The lowest BCUT2D eigenvalue weighted by Gasteiger charge is -2.18. The number of anilines is 1. The lowest BCUT2D eigenvalue weighted by Crippen LogP contribution is -2.32. The molecule has 0 aromatic heterocycles. The number of nitrogens with zero attached hydrogens (tertiary/aromatic N) is 2. The second kappa shape index (κ2) is 7.17. The number of carbonyl (C=O) groups is 1. The summed E-state index contributed by atoms with van der Waals surface area (Å²) in [5.41, 5.74) is 2.49. The number of benzene rings is 3. The molecule has 0 unspecified atom stereocenters. The van der Waals surface area contributed by atoms with Crippen LogP contribution in [0.15, 0.2) is 89.6 Å². The van der Waals surface area contributed by atoms with Gasteiger partial charge in [-0.3, -0.25) is 9.69 Å². The maximum Gasteiger partial charge on any atom is 0.282 e. The number of rotatable bonds is 3. The van der Waals surface area contributed by atoms with Gasteiger partial charge < -0.3 is 0 Å². The zero-order valence-electron chi connectivity index (χ0n) is 14.1. The number of amides is 1. The third-order valence-corrected chi connectivity index (χ3v) is 4.40. The van der Waals surface area contributed by atoms with Gasteiger partial charge in [-0.1, -0.05) is 41.9 Å². The summed E-state index contributed by atoms with van der Waals surface area (Å²) in [6.45, 7) is 0. The zero-order valence-corrected chi connectivity index (χ0v) is 14.9. The van der Waals surface area contributed by atoms with Crippen LogP contribution in [0.2, 0.25) is 5.02 Å². The van der Waals surface area contributed by atoms with E-state index < -0.39 is 0 Å². The smallest absolute Gasteiger partial charge is 0.266 e. The molecular formula is C22H14ClFN2O. The first kappa shape index (κ1) is 17.2. The minimum Gasteiger partial charge on any atom is -0.266 e. The number of amidine groups is 1. The molecule has 4 rings (SSSR count). The summed E-state index contributed by atoms with van der Waals surface area (Å²) < 4.78 is 13.1. The van der Waals surface area contributed by atoms with Crippen molar-refractivity contribution < 1.29 is 9.18 Å². The van der Waals surface area contributed by atoms with Crippen LogP contribution < -0.4 is 4.90 Å². The summed E-state index contributed by atoms with van der Waals surface area (Å²) >= 11 is 5.99. The molecule has 0 spiro atoms. The molecule has 3 aromatic carbocycles. The molecule has 1 amide bonds. The Kier molecular flexibility index (Phi) is 4.57. The Balaban J connectivity index is 1.81. The van der Waals surface area contributed by atoms with Gasteiger partial charge in [-0.25, -0.2) is 9.38 Å². The molecule has 0 atom stereocenters. The third kappa shape index (κ3) is 3.52. The van der Waals surface area contributed by atoms with Crippen molar-refractivity contribution in [1.29, 1.82) is 0 Å². The van der Waals surface area contributed by atoms with E-state index >= 15 is 0 Å². The van der Waals surface area contributed by atoms with E-state index in [-0.39, 0.29) is 17.4 Å². The highest BCUT2D eigenvalue weighted by molar-refractivity contribution is 6.34. The Morgan fingerprint density at radius 1 is 0.889 bits per heavy atom. The first-order valence-corrected chi connectivity index (χ1v) is 8.71. The molecule has 0 saturated heterocycles. The average molecular weight is 377 g/mol. The van der Waals surface area contributed by atoms with E-state index in [9.17, 15) is 9.18 Å². The summed E-state index contributed by atoms with van der Waals surface area (Å²) in [6.07, 6.45) is 1.65. The van der Waals surface area contributed by atoms with Crippen LogP contribution in [0, 0.1) is 5.82 Å². The van der Waals surface area contributed by atoms with Crippen molar-refractivity contribution in [2.24, 2.45) is 4.99 Å². The number of hydrogen-bond acceptors (Lipinski definition) is 2. The molecule has 5 heteroatoms. The van der Waals surface area contributed by atoms with Gasteiger partial charge in [0.05, 0.1) is 5.69 Å². The van der Waals surface area contributed by atoms with Gasteiger partial charge in [0.15, 0.2) is 0 Å². The molecule has 0 saturated carbocycles. The van der Waals surface area contributed by atoms with Crippen molar-refractivity contribution in [3.8, 4) is 0 Å². The lowest BCUT2D eigenvalue weighted by atomic mass is 10.1. The van der Waals surface area contributed by atoms with E-state index in [0.717, 1.165) is 11.3 Å². The predicted molar refractivity (Wildman–Crippen MR) is 106 cm³/mol. The van der Waals surface area contributed by atoms with Gasteiger partial charge in [0.25, 0.3) is 5.91 Å². The van der Waals surface area contributed by atoms with Crippen LogP contribution in [0.5, 0.6) is 0 Å². The largest absolute Gasteiger partial charge is 0.282 e. The summed E-state index contributed by atoms with van der Waals surface area (Å²) in [6, 6.07) is 22.4. The molecule has 1 heterocycles. The van der Waals surface area contributed by atoms with Crippen LogP contribution in [0.3, 0.4) is 0 Å². The second-order valence-corrected chi connectivity index (χ2v) is 6.44. The summed E-state index contributed by atoms with van der Waals surface area (Å²) in [5, 5.41) is 0.608. The van der Waals surface area contributed by atoms with Crippen molar-refractivity contribution in [2.45, 2.75) is 0 Å². The number of carbonyl (C=O) groups excluding carboxylic acids is 1. The van der Waals surface area contributed by atoms with E-state index in [1.807, 2.05) is 42.5 Å². The van der Waals surface area contributed by atoms with Crippen molar-refractivity contribution in [3.63, 3.8) is 0 Å². The van der Waals surface area contributed by atoms with E-state index in [1.165, 1.54) is 12.1 Å². The third-order valence-electron chi connectivity index (χ3n) is 4.15. The van der Waals surface area contributed by atoms with Crippen LogP contribution >= 0.6 is 11.6 Å². The van der Waals surface area contributed by atoms with Crippen molar-refractivity contribution in [1.82, 2.24) is 0 Å². The van der Waals surface area contributed by atoms with Crippen LogP contribution in [0.25, 0.3) is 6.08 Å². The fourth-order valence-electron chi connectivity index (χ4n) is 2.84. The first-order valence-electron chi connectivity index (χ1n) is 8.33. The Bertz CT molecular complexity index is 1040. The molecule has 0 radical (unpaired) electrons. The number of para-hydroxylation sites is 1. The van der Waals surface area contributed by atoms with Crippen LogP contribution in [0.4, 0.5) is 10.1 Å². The van der Waals surface area contributed by atoms with Gasteiger partial charge in [0.1, 0.15) is 17.3 Å². The highest BCUT2D eigenvalue weighted by Crippen LogP contribution is 2.28. The van der Waals surface area contributed by atoms with Gasteiger partial charge in [-0.2, -0.15) is 0 Å². The minimum atomic E-state index is -0.328. The van der Waals surface area contributed by atoms with Gasteiger partial charge in [0.2, 0.25) is 0 Å². The van der Waals surface area contributed by atoms with Gasteiger partial charge in [-0.05, 0) is 60.2 Å². The Morgan fingerprint density at radius 2 is 1.56 bits per heavy atom. The maximum absolute atomic E-state index is 13.1. The molecule has 0 aliphatic carbocycles. The molecule has 1 aliphatic heterocycles. The van der Waals surface area contributed by atoms with Crippen molar-refractivity contribution >= 4 is 35.1 Å². The Labute approximate surface area is 161 Å². The van der Waals surface area contributed by atoms with E-state index in [2.05, 4.69) is 4.99 Å². The first-order chi connectivity index (χ1) is 13.1. The van der Waals surface area contributed by atoms with Crippen LogP contribution in [-0.4, -0.2) is 11.7 Å². The van der Waals surface area contributed by atoms with Crippen molar-refractivity contribution in [2.75, 3.05) is 4.90 Å². The molecule has 3 nitrogen and oxygen atoms in total. The lowest BCUT2D eigenvalue weighted by molar-refractivity contribution is -0.113. The molecule has 27 heavy (non-hydrogen) atoms. The van der Waals surface area contributed by atoms with E-state index in [0.29, 0.717) is 16.4 Å². The van der Waals surface area contributed by atoms with Crippen molar-refractivity contribution in [3.05, 3.63) is 107 Å². The quantitative estimate of drug-likeness (QED) is 0.570. The average Bonchev–Trinajstić information content (AvgIpc) is 3.01. The zero-order chi connectivity index (χ0) is 18.8. The summed E-state index contributed by atoms with van der Waals surface area (Å²) in [5.74, 6) is -0.0436. The topological polar surface area (TPSA) is 32.7 Å². The molecular weight excluding hydrogens is 363 g/mol. The highest BCUT2D eigenvalue weighted by atomic mass is 35.5. The fourth-order valence-corrected chi connectivity index (χ4v) is 2.97. The standard InChI is InChI=1S/C22H14ClFN2O/c23-17-10-8-16(9-11-17)21-25-20(14-15-6-12-18(24)13-7-15)22(27)26(21)19-4-2-1-3-5-19/h1-14H/b20-14+. The van der Waals surface area contributed by atoms with Gasteiger partial charge in [0, 0.05) is 10.6 Å². The van der Waals surface area contributed by atoms with E-state index in [1.54, 1.807) is 35.2 Å². The minimum absolute atomic E-state index is 0.240. The fraction of sp³-hybridized carbons (Fsp3) is 0. The van der Waals surface area contributed by atoms with Crippen LogP contribution in [-0.2, 0) is 4.79 Å². The number of hydrogen-bond donors (Lipinski definition) is 0. The molecule has 0 bridgehead atoms. The molecule has 3 aromatic rings. The van der Waals surface area contributed by atoms with Crippen LogP contribution in [0.1, 0.15) is 11.1 Å². The Hall–Kier alpha value is -3.24. The predicted octanol–water partition coefficient (Wildman–Crippen LogP) is 5.31. The highest BCUT2D eigenvalue weighted by Gasteiger charge is 2.32. The van der Waals surface area contributed by atoms with Gasteiger partial charge >= 0.3 is 0 Å². The maximum atomic E-state index is 13.1. The monoisotopic (exact) mass is 376 g/mol. The summed E-state index contributed by atoms with van der Waals surface area (Å²) in [4.78, 5) is 19.2.